The van der Waals surface area contributed by atoms with Crippen molar-refractivity contribution < 1.29 is 29.9 Å². The predicted molar refractivity (Wildman–Crippen MR) is 83.2 cm³/mol. The number of rotatable bonds is 6. The van der Waals surface area contributed by atoms with E-state index in [4.69, 9.17) is 14.6 Å². The first-order valence-electron chi connectivity index (χ1n) is 7.33. The molecule has 5 atom stereocenters. The van der Waals surface area contributed by atoms with Gasteiger partial charge in [-0.15, -0.1) is 5.10 Å². The fourth-order valence-electron chi connectivity index (χ4n) is 2.14. The summed E-state index contributed by atoms with van der Waals surface area (Å²) < 4.78 is 10.7. The minimum atomic E-state index is -1.50. The molecule has 5 unspecified atom stereocenters. The van der Waals surface area contributed by atoms with Gasteiger partial charge in [0.2, 0.25) is 6.29 Å². The maximum atomic E-state index is 9.95. The average Bonchev–Trinajstić information content (AvgIpc) is 3.12. The summed E-state index contributed by atoms with van der Waals surface area (Å²) >= 11 is 0. The predicted octanol–water partition coefficient (Wildman–Crippen LogP) is -0.906. The van der Waals surface area contributed by atoms with Crippen LogP contribution in [-0.4, -0.2) is 73.1 Å². The monoisotopic (exact) mass is 339 g/mol. The summed E-state index contributed by atoms with van der Waals surface area (Å²) in [6, 6.07) is 0. The number of ether oxygens (including phenoxy) is 2. The summed E-state index contributed by atoms with van der Waals surface area (Å²) in [6.07, 6.45) is -0.393. The molecule has 9 nitrogen and oxygen atoms in total. The second-order valence-corrected chi connectivity index (χ2v) is 5.30. The van der Waals surface area contributed by atoms with E-state index in [-0.39, 0.29) is 5.76 Å². The van der Waals surface area contributed by atoms with Crippen molar-refractivity contribution in [2.45, 2.75) is 37.6 Å². The molecule has 1 saturated heterocycles. The summed E-state index contributed by atoms with van der Waals surface area (Å²) in [5.74, 6) is 0.266. The van der Waals surface area contributed by atoms with Gasteiger partial charge in [0.25, 0.3) is 0 Å². The third-order valence-corrected chi connectivity index (χ3v) is 3.62. The Kier molecular flexibility index (Phi) is 6.23. The van der Waals surface area contributed by atoms with Gasteiger partial charge in [0, 0.05) is 6.20 Å². The quantitative estimate of drug-likeness (QED) is 0.331. The number of hydrogen-bond acceptors (Lipinski definition) is 8. The van der Waals surface area contributed by atoms with Crippen LogP contribution in [-0.2, 0) is 9.47 Å². The molecule has 24 heavy (non-hydrogen) atoms. The van der Waals surface area contributed by atoms with E-state index >= 15 is 0 Å². The van der Waals surface area contributed by atoms with Crippen LogP contribution in [0, 0.1) is 0 Å². The fraction of sp³-hybridized carbons (Fsp3) is 0.467. The number of nitrogens with zero attached hydrogens (tertiary/aromatic N) is 2. The van der Waals surface area contributed by atoms with Crippen molar-refractivity contribution >= 4 is 5.57 Å². The lowest BCUT2D eigenvalue weighted by Crippen LogP contribution is -2.59. The number of nitrogens with one attached hydrogen (secondary N) is 1. The molecule has 0 aliphatic carbocycles. The molecule has 0 bridgehead atoms. The van der Waals surface area contributed by atoms with Gasteiger partial charge in [-0.1, -0.05) is 17.9 Å². The van der Waals surface area contributed by atoms with Crippen LogP contribution in [0.4, 0.5) is 0 Å². The second kappa shape index (κ2) is 8.18. The van der Waals surface area contributed by atoms with Gasteiger partial charge in [-0.2, -0.15) is 0 Å². The van der Waals surface area contributed by atoms with Gasteiger partial charge in [-0.25, -0.2) is 0 Å². The van der Waals surface area contributed by atoms with Gasteiger partial charge in [-0.3, -0.25) is 5.10 Å². The van der Waals surface area contributed by atoms with Crippen molar-refractivity contribution in [2.75, 3.05) is 6.61 Å². The Morgan fingerprint density at radius 1 is 1.33 bits per heavy atom. The van der Waals surface area contributed by atoms with E-state index in [0.29, 0.717) is 5.69 Å². The third-order valence-electron chi connectivity index (χ3n) is 3.62. The topological polar surface area (TPSA) is 141 Å². The zero-order valence-electron chi connectivity index (χ0n) is 13.1. The van der Waals surface area contributed by atoms with E-state index in [9.17, 15) is 15.3 Å². The Balaban J connectivity index is 2.10. The summed E-state index contributed by atoms with van der Waals surface area (Å²) in [5, 5.41) is 48.7. The molecule has 0 spiro atoms. The van der Waals surface area contributed by atoms with Crippen LogP contribution in [0.2, 0.25) is 0 Å². The van der Waals surface area contributed by atoms with Crippen LogP contribution in [0.3, 0.4) is 0 Å². The first kappa shape index (κ1) is 18.3. The summed E-state index contributed by atoms with van der Waals surface area (Å²) in [5.41, 5.74) is 1.46. The highest BCUT2D eigenvalue weighted by Crippen LogP contribution is 2.24. The Labute approximate surface area is 138 Å². The van der Waals surface area contributed by atoms with Crippen LogP contribution in [0.1, 0.15) is 12.6 Å². The number of aromatic amines is 1. The highest BCUT2D eigenvalue weighted by molar-refractivity contribution is 5.61. The number of aromatic nitrogens is 3. The Morgan fingerprint density at radius 3 is 2.67 bits per heavy atom. The van der Waals surface area contributed by atoms with E-state index in [1.165, 1.54) is 6.08 Å². The molecule has 0 radical (unpaired) electrons. The van der Waals surface area contributed by atoms with Gasteiger partial charge < -0.3 is 29.9 Å². The Morgan fingerprint density at radius 2 is 2.08 bits per heavy atom. The Bertz CT molecular complexity index is 598. The third kappa shape index (κ3) is 4.08. The molecular formula is C15H21N3O6. The average molecular weight is 339 g/mol. The maximum Gasteiger partial charge on any atom is 0.229 e. The molecule has 0 amide bonds. The molecule has 2 heterocycles. The molecule has 132 valence electrons. The Hall–Kier alpha value is -2.04. The molecule has 1 aliphatic rings. The van der Waals surface area contributed by atoms with Crippen molar-refractivity contribution in [1.82, 2.24) is 15.4 Å². The minimum absolute atomic E-state index is 0.266. The highest BCUT2D eigenvalue weighted by atomic mass is 16.7. The van der Waals surface area contributed by atoms with Gasteiger partial charge in [0.15, 0.2) is 0 Å². The van der Waals surface area contributed by atoms with E-state index < -0.39 is 37.3 Å². The molecule has 1 aromatic heterocycles. The number of aliphatic hydroxyl groups excluding tert-OH is 4. The molecule has 9 heteroatoms. The number of aliphatic hydroxyl groups is 4. The molecule has 1 aromatic rings. The van der Waals surface area contributed by atoms with E-state index in [1.807, 2.05) is 6.92 Å². The van der Waals surface area contributed by atoms with Crippen molar-refractivity contribution in [3.8, 4) is 0 Å². The molecule has 1 fully saturated rings. The van der Waals surface area contributed by atoms with E-state index in [0.717, 1.165) is 5.57 Å². The summed E-state index contributed by atoms with van der Waals surface area (Å²) in [4.78, 5) is 0. The number of hydrogen-bond donors (Lipinski definition) is 5. The lowest BCUT2D eigenvalue weighted by molar-refractivity contribution is -0.290. The first-order valence-corrected chi connectivity index (χ1v) is 7.33. The molecule has 2 rings (SSSR count). The fourth-order valence-corrected chi connectivity index (χ4v) is 2.14. The summed E-state index contributed by atoms with van der Waals surface area (Å²) in [6.45, 7) is 4.91. The van der Waals surface area contributed by atoms with Gasteiger partial charge >= 0.3 is 0 Å². The van der Waals surface area contributed by atoms with Crippen LogP contribution in [0.15, 0.2) is 36.8 Å². The minimum Gasteiger partial charge on any atom is -0.462 e. The highest BCUT2D eigenvalue weighted by Gasteiger charge is 2.44. The van der Waals surface area contributed by atoms with Crippen molar-refractivity contribution in [1.29, 1.82) is 0 Å². The van der Waals surface area contributed by atoms with E-state index in [1.54, 1.807) is 18.3 Å². The number of allylic oxidation sites excluding steroid dienone is 4. The van der Waals surface area contributed by atoms with Crippen molar-refractivity contribution in [2.24, 2.45) is 0 Å². The van der Waals surface area contributed by atoms with Crippen LogP contribution < -0.4 is 0 Å². The molecular weight excluding hydrogens is 318 g/mol. The summed E-state index contributed by atoms with van der Waals surface area (Å²) in [7, 11) is 0. The lowest BCUT2D eigenvalue weighted by atomic mass is 9.99. The largest absolute Gasteiger partial charge is 0.462 e. The number of H-pyrrole nitrogens is 1. The van der Waals surface area contributed by atoms with Gasteiger partial charge in [-0.05, 0) is 24.6 Å². The van der Waals surface area contributed by atoms with Crippen LogP contribution >= 0.6 is 0 Å². The molecule has 1 aliphatic heterocycles. The maximum absolute atomic E-state index is 9.95. The van der Waals surface area contributed by atoms with Gasteiger partial charge in [0.1, 0.15) is 35.9 Å². The normalized spacial score (nSPS) is 31.8. The van der Waals surface area contributed by atoms with E-state index in [2.05, 4.69) is 22.0 Å². The van der Waals surface area contributed by atoms with Crippen molar-refractivity contribution in [3.05, 3.63) is 42.5 Å². The van der Waals surface area contributed by atoms with Crippen LogP contribution in [0.5, 0.6) is 0 Å². The smallest absolute Gasteiger partial charge is 0.229 e. The molecule has 0 saturated carbocycles. The standard InChI is InChI=1S/C15H21N3O6/c1-3-9(5-4-8(2)10-6-16-18-17-10)23-15-14(22)13(21)12(20)11(7-19)24-15/h3-6,11-15,19-22H,1,7H2,2H3,(H,16,17,18)/b8-4+,9-5+. The zero-order chi connectivity index (χ0) is 17.7. The zero-order valence-corrected chi connectivity index (χ0v) is 13.1. The SMILES string of the molecule is C=C/C(=C\C=C(/C)c1c[nH]nn1)OC1OC(CO)C(O)C(O)C1O. The van der Waals surface area contributed by atoms with Gasteiger partial charge in [0.05, 0.1) is 6.61 Å². The molecule has 0 aromatic carbocycles. The lowest BCUT2D eigenvalue weighted by Gasteiger charge is -2.39. The van der Waals surface area contributed by atoms with Crippen molar-refractivity contribution in [3.63, 3.8) is 0 Å². The van der Waals surface area contributed by atoms with Crippen LogP contribution in [0.25, 0.3) is 5.57 Å². The molecule has 5 N–H and O–H groups in total. The second-order valence-electron chi connectivity index (χ2n) is 5.30. The first-order chi connectivity index (χ1) is 11.5.